The monoisotopic (exact) mass is 711 g/mol. The van der Waals surface area contributed by atoms with Crippen LogP contribution in [0.2, 0.25) is 0 Å². The van der Waals surface area contributed by atoms with Crippen LogP contribution in [0.5, 0.6) is 0 Å². The lowest BCUT2D eigenvalue weighted by atomic mass is 10.3. The molecule has 14 nitrogen and oxygen atoms in total. The van der Waals surface area contributed by atoms with E-state index in [0.717, 1.165) is 0 Å². The second-order valence-electron chi connectivity index (χ2n) is 9.99. The Morgan fingerprint density at radius 3 is 1.07 bits per heavy atom. The minimum Gasteiger partial charge on any atom is -0.743 e. The summed E-state index contributed by atoms with van der Waals surface area (Å²) in [5, 5.41) is -6.72. The number of nitrogens with one attached hydrogen (secondary N) is 1. The number of alkyl halides is 7. The quantitative estimate of drug-likeness (QED) is 0.188. The normalized spacial score (nSPS) is 19.0. The van der Waals surface area contributed by atoms with E-state index >= 15 is 0 Å². The molecule has 0 unspecified atom stereocenters. The molecule has 2 heterocycles. The summed E-state index contributed by atoms with van der Waals surface area (Å²) in [5.74, 6) is -6.92. The third kappa shape index (κ3) is 10.4. The van der Waals surface area contributed by atoms with E-state index in [4.69, 9.17) is 18.9 Å². The van der Waals surface area contributed by atoms with E-state index in [1.165, 1.54) is 86.9 Å². The number of nitrogens with zero attached hydrogens (tertiary/aromatic N) is 4. The van der Waals surface area contributed by atoms with Gasteiger partial charge in [-0.3, -0.25) is 19.6 Å². The number of carbonyl (C=O) groups excluding carboxylic acids is 2. The van der Waals surface area contributed by atoms with Crippen LogP contribution in [0.1, 0.15) is 40.0 Å². The number of amides is 4. The maximum Gasteiger partial charge on any atom is 0.461 e. The number of hydrogen-bond acceptors (Lipinski definition) is 9. The summed E-state index contributed by atoms with van der Waals surface area (Å²) in [5.41, 5.74) is 0. The van der Waals surface area contributed by atoms with E-state index < -0.39 is 39.8 Å². The smallest absolute Gasteiger partial charge is 0.461 e. The molecule has 2 aliphatic heterocycles. The minimum atomic E-state index is -7.10. The molecule has 22 heteroatoms. The van der Waals surface area contributed by atoms with Gasteiger partial charge in [-0.2, -0.15) is 30.7 Å². The fourth-order valence-corrected chi connectivity index (χ4v) is 5.03. The highest BCUT2D eigenvalue weighted by Crippen LogP contribution is 2.48. The summed E-state index contributed by atoms with van der Waals surface area (Å²) in [6, 6.07) is -0.540. The lowest BCUT2D eigenvalue weighted by Crippen LogP contribution is -3.11. The van der Waals surface area contributed by atoms with Gasteiger partial charge in [-0.25, -0.2) is 18.0 Å². The van der Waals surface area contributed by atoms with Gasteiger partial charge in [0.1, 0.15) is 26.9 Å². The molecular formula is C24H44F7N5O9S. The lowest BCUT2D eigenvalue weighted by Gasteiger charge is -2.29. The van der Waals surface area contributed by atoms with Gasteiger partial charge < -0.3 is 28.4 Å². The number of rotatable bonds is 16. The highest BCUT2D eigenvalue weighted by molar-refractivity contribution is 7.86. The molecule has 2 rings (SSSR count). The van der Waals surface area contributed by atoms with Gasteiger partial charge in [0.05, 0.1) is 19.6 Å². The van der Waals surface area contributed by atoms with Crippen molar-refractivity contribution in [3.8, 4) is 0 Å². The van der Waals surface area contributed by atoms with Crippen LogP contribution in [0.4, 0.5) is 40.3 Å². The van der Waals surface area contributed by atoms with Crippen molar-refractivity contribution >= 4 is 22.2 Å². The third-order valence-electron chi connectivity index (χ3n) is 6.45. The van der Waals surface area contributed by atoms with E-state index in [9.17, 15) is 53.3 Å². The highest BCUT2D eigenvalue weighted by Gasteiger charge is 2.76. The summed E-state index contributed by atoms with van der Waals surface area (Å²) in [6.07, 6.45) is -3.89. The van der Waals surface area contributed by atoms with Gasteiger partial charge in [-0.05, 0) is 19.3 Å². The molecule has 2 aliphatic rings. The molecular weight excluding hydrogens is 667 g/mol. The first-order valence-corrected chi connectivity index (χ1v) is 15.3. The number of ether oxygens (including phenoxy) is 4. The number of quaternary nitrogens is 1. The number of halogens is 7. The Bertz CT molecular complexity index is 960. The van der Waals surface area contributed by atoms with Crippen LogP contribution >= 0.6 is 0 Å². The molecule has 0 aromatic carbocycles. The highest BCUT2D eigenvalue weighted by atomic mass is 32.2. The fourth-order valence-electron chi connectivity index (χ4n) is 4.60. The number of carbonyl (C=O) groups is 2. The van der Waals surface area contributed by atoms with Crippen molar-refractivity contribution in [2.45, 2.75) is 69.7 Å². The Labute approximate surface area is 263 Å². The second kappa shape index (κ2) is 18.9. The van der Waals surface area contributed by atoms with Crippen LogP contribution in [0.15, 0.2) is 0 Å². The zero-order chi connectivity index (χ0) is 36.1. The van der Waals surface area contributed by atoms with Gasteiger partial charge in [-0.1, -0.05) is 20.8 Å². The molecule has 2 saturated heterocycles. The molecule has 0 atom stereocenters. The van der Waals surface area contributed by atoms with Crippen LogP contribution < -0.4 is 4.90 Å². The van der Waals surface area contributed by atoms with E-state index in [1.807, 2.05) is 0 Å². The summed E-state index contributed by atoms with van der Waals surface area (Å²) < 4.78 is 130. The zero-order valence-corrected chi connectivity index (χ0v) is 27.6. The molecule has 0 aromatic rings. The topological polar surface area (TPSA) is 146 Å². The molecule has 2 fully saturated rings. The summed E-state index contributed by atoms with van der Waals surface area (Å²) >= 11 is 0. The Morgan fingerprint density at radius 1 is 0.652 bits per heavy atom. The lowest BCUT2D eigenvalue weighted by molar-refractivity contribution is -0.900. The van der Waals surface area contributed by atoms with Crippen LogP contribution in [-0.4, -0.2) is 149 Å². The summed E-state index contributed by atoms with van der Waals surface area (Å²) in [7, 11) is -1.13. The van der Waals surface area contributed by atoms with Crippen molar-refractivity contribution in [3.05, 3.63) is 0 Å². The van der Waals surface area contributed by atoms with E-state index in [2.05, 4.69) is 20.8 Å². The number of fused-ring (bicyclic) bond motifs is 1. The first-order valence-electron chi connectivity index (χ1n) is 13.9. The molecule has 0 saturated carbocycles. The largest absolute Gasteiger partial charge is 0.743 e. The average Bonchev–Trinajstić information content (AvgIpc) is 3.35. The van der Waals surface area contributed by atoms with Crippen LogP contribution in [0.25, 0.3) is 0 Å². The van der Waals surface area contributed by atoms with E-state index in [1.54, 1.807) is 4.90 Å². The maximum atomic E-state index is 12.6. The van der Waals surface area contributed by atoms with E-state index in [0.29, 0.717) is 0 Å². The van der Waals surface area contributed by atoms with Crippen molar-refractivity contribution in [1.29, 1.82) is 0 Å². The first-order chi connectivity index (χ1) is 21.2. The SMILES string of the molecule is CCC[NH+](CCC)CCC.COCN1C(=O)N(COC)C2C1N(COC)C(=O)N2COC.O=S(=O)([O-])C(F)(F)C(F)(F)C(F)(F)F. The zero-order valence-electron chi connectivity index (χ0n) is 26.7. The number of hydrogen-bond donors (Lipinski definition) is 1. The Kier molecular flexibility index (Phi) is 18.0. The molecule has 0 spiro atoms. The fraction of sp³-hybridized carbons (Fsp3) is 0.917. The van der Waals surface area contributed by atoms with Crippen LogP contribution in [-0.2, 0) is 29.1 Å². The van der Waals surface area contributed by atoms with Gasteiger partial charge in [-0.15, -0.1) is 0 Å². The maximum absolute atomic E-state index is 12.6. The van der Waals surface area contributed by atoms with Crippen LogP contribution in [0.3, 0.4) is 0 Å². The average molecular weight is 712 g/mol. The van der Waals surface area contributed by atoms with Gasteiger partial charge in [0.25, 0.3) is 0 Å². The summed E-state index contributed by atoms with van der Waals surface area (Å²) in [4.78, 5) is 32.8. The van der Waals surface area contributed by atoms with Gasteiger partial charge in [0.2, 0.25) is 0 Å². The van der Waals surface area contributed by atoms with Crippen molar-refractivity contribution in [1.82, 2.24) is 19.6 Å². The third-order valence-corrected chi connectivity index (χ3v) is 7.33. The summed E-state index contributed by atoms with van der Waals surface area (Å²) in [6.45, 7) is 11.2. The van der Waals surface area contributed by atoms with E-state index in [-0.39, 0.29) is 39.0 Å². The van der Waals surface area contributed by atoms with Gasteiger partial charge >= 0.3 is 29.4 Å². The minimum absolute atomic E-state index is 0.0640. The van der Waals surface area contributed by atoms with Crippen molar-refractivity contribution in [3.63, 3.8) is 0 Å². The Morgan fingerprint density at radius 2 is 0.913 bits per heavy atom. The van der Waals surface area contributed by atoms with Gasteiger partial charge in [0, 0.05) is 28.4 Å². The molecule has 0 radical (unpaired) electrons. The number of urea groups is 2. The molecule has 4 amide bonds. The predicted molar refractivity (Wildman–Crippen MR) is 145 cm³/mol. The molecule has 46 heavy (non-hydrogen) atoms. The Hall–Kier alpha value is -2.24. The Balaban J connectivity index is 0.000000727. The molecule has 1 N–H and O–H groups in total. The van der Waals surface area contributed by atoms with Crippen molar-refractivity contribution < 1.29 is 77.1 Å². The second-order valence-corrected chi connectivity index (χ2v) is 11.4. The molecule has 0 aliphatic carbocycles. The molecule has 0 bridgehead atoms. The van der Waals surface area contributed by atoms with Crippen LogP contribution in [0, 0.1) is 0 Å². The number of methoxy groups -OCH3 is 4. The van der Waals surface area contributed by atoms with Crippen molar-refractivity contribution in [2.24, 2.45) is 0 Å². The van der Waals surface area contributed by atoms with Gasteiger partial charge in [0.15, 0.2) is 22.4 Å². The first kappa shape index (κ1) is 43.8. The molecule has 274 valence electrons. The predicted octanol–water partition coefficient (Wildman–Crippen LogP) is 1.95. The standard InChI is InChI=1S/C12H22N4O6.C9H21N.C3HF7O3S/c1-19-5-13-9-10(15(7-21-3)11(13)17)16(8-22-4)12(18)14(9)6-20-2;1-4-7-10(8-5-2)9-6-3;4-1(5,2(6,7)8)3(9,10)14(11,12)13/h9-10H,5-8H2,1-4H3;4-9H2,1-3H3;(H,11,12,13). The molecule has 0 aromatic heterocycles. The van der Waals surface area contributed by atoms with Crippen molar-refractivity contribution in [2.75, 3.05) is 75.0 Å².